The largest absolute Gasteiger partial charge is 0.481 e. The first-order valence-corrected chi connectivity index (χ1v) is 8.21. The van der Waals surface area contributed by atoms with Gasteiger partial charge in [-0.2, -0.15) is 5.10 Å². The quantitative estimate of drug-likeness (QED) is 0.376. The second-order valence-electron chi connectivity index (χ2n) is 6.17. The number of aliphatic carboxylic acids is 2. The van der Waals surface area contributed by atoms with Crippen molar-refractivity contribution in [1.29, 1.82) is 0 Å². The molecule has 2 saturated carbocycles. The highest BCUT2D eigenvalue weighted by Crippen LogP contribution is 2.65. The van der Waals surface area contributed by atoms with Gasteiger partial charge in [-0.3, -0.25) is 14.7 Å². The van der Waals surface area contributed by atoms with Gasteiger partial charge in [-0.05, 0) is 19.3 Å². The number of nitrogens with one attached hydrogen (secondary N) is 2. The molecule has 2 aliphatic carbocycles. The topological polar surface area (TPSA) is 203 Å². The molecule has 0 saturated heterocycles. The number of carbonyl (C=O) groups is 3. The van der Waals surface area contributed by atoms with Crippen LogP contribution in [0.1, 0.15) is 13.3 Å². The molecule has 12 heteroatoms. The van der Waals surface area contributed by atoms with Gasteiger partial charge in [0.15, 0.2) is 5.16 Å². The molecule has 0 aliphatic heterocycles. The molecule has 0 aromatic carbocycles. The third-order valence-corrected chi connectivity index (χ3v) is 5.88. The molecule has 1 amide bonds. The number of amides is 1. The van der Waals surface area contributed by atoms with Crippen LogP contribution in [0.15, 0.2) is 11.5 Å². The molecule has 0 bridgehead atoms. The highest BCUT2D eigenvalue weighted by Gasteiger charge is 2.75. The maximum absolute atomic E-state index is 12.0. The highest BCUT2D eigenvalue weighted by molar-refractivity contribution is 7.99. The van der Waals surface area contributed by atoms with Crippen LogP contribution in [0.5, 0.6) is 0 Å². The zero-order valence-electron chi connectivity index (χ0n) is 13.2. The average molecular weight is 373 g/mol. The molecular weight excluding hydrogens is 354 g/mol. The molecule has 0 spiro atoms. The van der Waals surface area contributed by atoms with Crippen LogP contribution in [0.3, 0.4) is 0 Å². The van der Waals surface area contributed by atoms with Crippen LogP contribution in [0.25, 0.3) is 0 Å². The third-order valence-electron chi connectivity index (χ3n) is 4.68. The number of hydrogen-bond donors (Lipinski definition) is 5. The van der Waals surface area contributed by atoms with Crippen LogP contribution >= 0.6 is 11.8 Å². The van der Waals surface area contributed by atoms with E-state index in [9.17, 15) is 24.6 Å². The van der Waals surface area contributed by atoms with Crippen molar-refractivity contribution in [3.05, 3.63) is 6.33 Å². The van der Waals surface area contributed by atoms with Crippen LogP contribution in [0, 0.1) is 17.8 Å². The Morgan fingerprint density at radius 2 is 2.16 bits per heavy atom. The molecule has 0 radical (unpaired) electrons. The first kappa shape index (κ1) is 19.1. The molecular formula is C13H19N5O6S. The number of thioether (sulfide) groups is 1. The van der Waals surface area contributed by atoms with Gasteiger partial charge in [-0.15, -0.1) is 0 Å². The first-order valence-electron chi connectivity index (χ1n) is 7.33. The number of nitrogens with two attached hydrogens (primary N) is 1. The van der Waals surface area contributed by atoms with E-state index >= 15 is 0 Å². The molecule has 25 heavy (non-hydrogen) atoms. The van der Waals surface area contributed by atoms with E-state index in [4.69, 9.17) is 5.73 Å². The normalized spacial score (nSPS) is 33.7. The van der Waals surface area contributed by atoms with E-state index in [0.717, 1.165) is 0 Å². The number of H-pyrrole nitrogens is 1. The van der Waals surface area contributed by atoms with Crippen molar-refractivity contribution in [3.8, 4) is 0 Å². The van der Waals surface area contributed by atoms with Gasteiger partial charge in [0, 0.05) is 11.2 Å². The Labute approximate surface area is 146 Å². The third kappa shape index (κ3) is 3.07. The van der Waals surface area contributed by atoms with Gasteiger partial charge in [-0.1, -0.05) is 11.8 Å². The molecule has 11 nitrogen and oxygen atoms in total. The molecule has 1 aromatic rings. The SMILES string of the molecule is C[C@H](N)C(=O)N[C@@]1(C(=O)O)C[C@@H](Sc2ncn[nH]2)[C@H]2[C@H](C(=O)O)[C@H]21.O. The van der Waals surface area contributed by atoms with Crippen LogP contribution in [-0.2, 0) is 14.4 Å². The van der Waals surface area contributed by atoms with Gasteiger partial charge in [0.2, 0.25) is 5.91 Å². The molecule has 6 atom stereocenters. The molecule has 8 N–H and O–H groups in total. The Bertz CT molecular complexity index is 682. The van der Waals surface area contributed by atoms with Crippen molar-refractivity contribution in [2.45, 2.75) is 35.3 Å². The van der Waals surface area contributed by atoms with Crippen LogP contribution in [0.4, 0.5) is 0 Å². The highest BCUT2D eigenvalue weighted by atomic mass is 32.2. The maximum atomic E-state index is 12.0. The number of aromatic amines is 1. The van der Waals surface area contributed by atoms with Crippen molar-refractivity contribution >= 4 is 29.6 Å². The van der Waals surface area contributed by atoms with Gasteiger partial charge in [0.1, 0.15) is 11.9 Å². The maximum Gasteiger partial charge on any atom is 0.329 e. The van der Waals surface area contributed by atoms with Gasteiger partial charge in [0.25, 0.3) is 0 Å². The summed E-state index contributed by atoms with van der Waals surface area (Å²) in [7, 11) is 0. The van der Waals surface area contributed by atoms with Crippen LogP contribution < -0.4 is 11.1 Å². The standard InChI is InChI=1S/C13H17N5O5S.H2O/c1-4(14)9(19)17-13(11(22)23)2-5(24-12-15-3-16-18-12)6-7(8(6)13)10(20)21;/h3-8H,2,14H2,1H3,(H,17,19)(H,20,21)(H,22,23)(H,15,16,18);1H2/t4-,5+,6-,7-,8-,13-;/m0./s1. The van der Waals surface area contributed by atoms with Gasteiger partial charge >= 0.3 is 11.9 Å². The molecule has 2 fully saturated rings. The number of aromatic nitrogens is 3. The zero-order chi connectivity index (χ0) is 17.6. The summed E-state index contributed by atoms with van der Waals surface area (Å²) in [5.41, 5.74) is 3.89. The monoisotopic (exact) mass is 373 g/mol. The fraction of sp³-hybridized carbons (Fsp3) is 0.615. The fourth-order valence-corrected chi connectivity index (χ4v) is 4.95. The number of carboxylic acids is 2. The van der Waals surface area contributed by atoms with E-state index in [1.807, 2.05) is 0 Å². The summed E-state index contributed by atoms with van der Waals surface area (Å²) >= 11 is 1.25. The Kier molecular flexibility index (Phi) is 5.06. The number of fused-ring (bicyclic) bond motifs is 1. The lowest BCUT2D eigenvalue weighted by molar-refractivity contribution is -0.149. The van der Waals surface area contributed by atoms with E-state index in [1.54, 1.807) is 0 Å². The van der Waals surface area contributed by atoms with Crippen LogP contribution in [0.2, 0.25) is 0 Å². The van der Waals surface area contributed by atoms with Gasteiger partial charge in [0.05, 0.1) is 12.0 Å². The summed E-state index contributed by atoms with van der Waals surface area (Å²) in [6, 6.07) is -0.886. The lowest BCUT2D eigenvalue weighted by Crippen LogP contribution is -2.59. The van der Waals surface area contributed by atoms with E-state index in [2.05, 4.69) is 20.5 Å². The summed E-state index contributed by atoms with van der Waals surface area (Å²) in [4.78, 5) is 39.4. The minimum atomic E-state index is -1.63. The van der Waals surface area contributed by atoms with Crippen molar-refractivity contribution in [2.75, 3.05) is 0 Å². The summed E-state index contributed by atoms with van der Waals surface area (Å²) < 4.78 is 0. The van der Waals surface area contributed by atoms with E-state index in [1.165, 1.54) is 25.0 Å². The van der Waals surface area contributed by atoms with Gasteiger partial charge < -0.3 is 26.7 Å². The Hall–Kier alpha value is -2.18. The first-order chi connectivity index (χ1) is 11.3. The number of carboxylic acid groups (broad SMARTS) is 2. The predicted molar refractivity (Wildman–Crippen MR) is 84.5 cm³/mol. The predicted octanol–water partition coefficient (Wildman–Crippen LogP) is -1.92. The fourth-order valence-electron chi connectivity index (χ4n) is 3.61. The minimum Gasteiger partial charge on any atom is -0.481 e. The second kappa shape index (κ2) is 6.61. The average Bonchev–Trinajstić information content (AvgIpc) is 2.90. The lowest BCUT2D eigenvalue weighted by Gasteiger charge is -2.30. The van der Waals surface area contributed by atoms with Crippen molar-refractivity contribution in [1.82, 2.24) is 20.5 Å². The van der Waals surface area contributed by atoms with Crippen LogP contribution in [-0.4, -0.2) is 65.5 Å². The Morgan fingerprint density at radius 3 is 2.64 bits per heavy atom. The van der Waals surface area contributed by atoms with Crippen molar-refractivity contribution in [2.24, 2.45) is 23.5 Å². The van der Waals surface area contributed by atoms with Crippen molar-refractivity contribution in [3.63, 3.8) is 0 Å². The molecule has 138 valence electrons. The van der Waals surface area contributed by atoms with E-state index in [-0.39, 0.29) is 23.1 Å². The number of carbonyl (C=O) groups excluding carboxylic acids is 1. The summed E-state index contributed by atoms with van der Waals surface area (Å²) in [6.45, 7) is 1.44. The summed E-state index contributed by atoms with van der Waals surface area (Å²) in [5.74, 6) is -4.76. The van der Waals surface area contributed by atoms with E-state index in [0.29, 0.717) is 5.16 Å². The van der Waals surface area contributed by atoms with Gasteiger partial charge in [-0.25, -0.2) is 9.78 Å². The molecule has 2 aliphatic rings. The zero-order valence-corrected chi connectivity index (χ0v) is 14.0. The smallest absolute Gasteiger partial charge is 0.329 e. The molecule has 1 heterocycles. The van der Waals surface area contributed by atoms with Crippen molar-refractivity contribution < 1.29 is 30.1 Å². The van der Waals surface area contributed by atoms with E-state index < -0.39 is 41.3 Å². The second-order valence-corrected chi connectivity index (χ2v) is 7.40. The molecule has 1 aromatic heterocycles. The summed E-state index contributed by atoms with van der Waals surface area (Å²) in [5, 5.41) is 28.2. The number of hydrogen-bond acceptors (Lipinski definition) is 7. The molecule has 0 unspecified atom stereocenters. The number of nitrogens with zero attached hydrogens (tertiary/aromatic N) is 2. The Morgan fingerprint density at radius 1 is 1.48 bits per heavy atom. The molecule has 3 rings (SSSR count). The minimum absolute atomic E-state index is 0. The summed E-state index contributed by atoms with van der Waals surface area (Å²) in [6.07, 6.45) is 1.42. The Balaban J connectivity index is 0.00000225. The lowest BCUT2D eigenvalue weighted by atomic mass is 9.89. The number of rotatable bonds is 6.